The number of hydrogen-bond donors (Lipinski definition) is 1. The van der Waals surface area contributed by atoms with E-state index < -0.39 is 0 Å². The molecule has 0 radical (unpaired) electrons. The summed E-state index contributed by atoms with van der Waals surface area (Å²) >= 11 is 12.4. The summed E-state index contributed by atoms with van der Waals surface area (Å²) in [4.78, 5) is 4.01. The van der Waals surface area contributed by atoms with Crippen molar-refractivity contribution in [1.29, 1.82) is 0 Å². The van der Waals surface area contributed by atoms with Gasteiger partial charge in [0.2, 0.25) is 0 Å². The topological polar surface area (TPSA) is 24.9 Å². The Labute approximate surface area is 106 Å². The molecule has 1 aliphatic heterocycles. The molecular weight excluding hydrogens is 243 g/mol. The van der Waals surface area contributed by atoms with Crippen LogP contribution in [-0.2, 0) is 5.41 Å². The summed E-state index contributed by atoms with van der Waals surface area (Å²) in [7, 11) is 0. The van der Waals surface area contributed by atoms with Crippen molar-refractivity contribution in [3.63, 3.8) is 0 Å². The Kier molecular flexibility index (Phi) is 3.53. The number of nitrogens with one attached hydrogen (secondary N) is 1. The predicted molar refractivity (Wildman–Crippen MR) is 68.0 cm³/mol. The molecule has 0 aliphatic carbocycles. The van der Waals surface area contributed by atoms with Gasteiger partial charge in [-0.3, -0.25) is 4.98 Å². The Balaban J connectivity index is 2.47. The molecule has 0 spiro atoms. The third-order valence-corrected chi connectivity index (χ3v) is 3.93. The molecule has 2 heterocycles. The Hall–Kier alpha value is -0.570. The van der Waals surface area contributed by atoms with E-state index in [1.165, 1.54) is 0 Å². The molecule has 1 saturated heterocycles. The molecule has 0 unspecified atom stereocenters. The van der Waals surface area contributed by atoms with Crippen molar-refractivity contribution in [2.24, 2.45) is 0 Å². The molecule has 0 aromatic carbocycles. The zero-order valence-electron chi connectivity index (χ0n) is 8.97. The first-order chi connectivity index (χ1) is 7.67. The highest BCUT2D eigenvalue weighted by Gasteiger charge is 2.37. The lowest BCUT2D eigenvalue weighted by Gasteiger charge is -2.38. The summed E-state index contributed by atoms with van der Waals surface area (Å²) in [6.45, 7) is 5.80. The van der Waals surface area contributed by atoms with Crippen LogP contribution in [0.3, 0.4) is 0 Å². The monoisotopic (exact) mass is 256 g/mol. The average molecular weight is 257 g/mol. The van der Waals surface area contributed by atoms with E-state index in [1.807, 2.05) is 6.07 Å². The molecule has 0 bridgehead atoms. The quantitative estimate of drug-likeness (QED) is 0.880. The maximum Gasteiger partial charge on any atom is 0.0630 e. The van der Waals surface area contributed by atoms with Gasteiger partial charge in [0, 0.05) is 22.8 Å². The fraction of sp³-hybridized carbons (Fsp3) is 0.417. The number of halogens is 2. The molecule has 1 fully saturated rings. The van der Waals surface area contributed by atoms with Crippen LogP contribution in [0.2, 0.25) is 5.02 Å². The highest BCUT2D eigenvalue weighted by Crippen LogP contribution is 2.43. The Morgan fingerprint density at radius 1 is 1.44 bits per heavy atom. The van der Waals surface area contributed by atoms with Crippen molar-refractivity contribution in [3.8, 4) is 0 Å². The summed E-state index contributed by atoms with van der Waals surface area (Å²) in [6, 6.07) is 1.95. The predicted octanol–water partition coefficient (Wildman–Crippen LogP) is 3.11. The van der Waals surface area contributed by atoms with Gasteiger partial charge < -0.3 is 5.32 Å². The van der Waals surface area contributed by atoms with E-state index in [4.69, 9.17) is 23.2 Å². The van der Waals surface area contributed by atoms with Gasteiger partial charge in [-0.05, 0) is 37.6 Å². The van der Waals surface area contributed by atoms with Crippen LogP contribution < -0.4 is 5.32 Å². The highest BCUT2D eigenvalue weighted by atomic mass is 35.5. The fourth-order valence-electron chi connectivity index (χ4n) is 2.30. The molecule has 1 aromatic rings. The van der Waals surface area contributed by atoms with Crippen molar-refractivity contribution in [2.45, 2.75) is 18.3 Å². The lowest BCUT2D eigenvalue weighted by Crippen LogP contribution is -2.40. The number of nitrogens with zero attached hydrogens (tertiary/aromatic N) is 1. The van der Waals surface area contributed by atoms with Crippen LogP contribution in [0.25, 0.3) is 0 Å². The summed E-state index contributed by atoms with van der Waals surface area (Å²) < 4.78 is 0. The lowest BCUT2D eigenvalue weighted by atomic mass is 9.73. The molecular formula is C12H14Cl2N2. The van der Waals surface area contributed by atoms with Gasteiger partial charge in [0.25, 0.3) is 0 Å². The van der Waals surface area contributed by atoms with Crippen LogP contribution in [0.1, 0.15) is 18.4 Å². The summed E-state index contributed by atoms with van der Waals surface area (Å²) in [5, 5.41) is 4.67. The molecule has 1 aromatic heterocycles. The third-order valence-electron chi connectivity index (χ3n) is 3.26. The van der Waals surface area contributed by atoms with Crippen LogP contribution in [-0.4, -0.2) is 18.1 Å². The van der Waals surface area contributed by atoms with Crippen LogP contribution in [0, 0.1) is 0 Å². The second-order valence-electron chi connectivity index (χ2n) is 4.09. The van der Waals surface area contributed by atoms with Crippen LogP contribution in [0.5, 0.6) is 0 Å². The van der Waals surface area contributed by atoms with Crippen LogP contribution in [0.15, 0.2) is 30.1 Å². The Morgan fingerprint density at radius 2 is 2.12 bits per heavy atom. The van der Waals surface area contributed by atoms with E-state index in [2.05, 4.69) is 16.9 Å². The molecule has 1 N–H and O–H groups in total. The SMILES string of the molecule is C=C(Cl)C1(c2ccncc2Cl)CCNCC1. The van der Waals surface area contributed by atoms with E-state index in [0.717, 1.165) is 31.5 Å². The summed E-state index contributed by atoms with van der Waals surface area (Å²) in [6.07, 6.45) is 5.28. The second kappa shape index (κ2) is 4.74. The summed E-state index contributed by atoms with van der Waals surface area (Å²) in [5.41, 5.74) is 0.845. The van der Waals surface area contributed by atoms with E-state index in [0.29, 0.717) is 10.1 Å². The molecule has 2 rings (SSSR count). The second-order valence-corrected chi connectivity index (χ2v) is 4.96. The number of pyridine rings is 1. The fourth-order valence-corrected chi connectivity index (χ4v) is 2.89. The van der Waals surface area contributed by atoms with Crippen molar-refractivity contribution in [2.75, 3.05) is 13.1 Å². The maximum absolute atomic E-state index is 6.22. The van der Waals surface area contributed by atoms with Gasteiger partial charge in [0.15, 0.2) is 0 Å². The zero-order valence-corrected chi connectivity index (χ0v) is 10.5. The Bertz CT molecular complexity index is 398. The van der Waals surface area contributed by atoms with Crippen molar-refractivity contribution in [1.82, 2.24) is 10.3 Å². The van der Waals surface area contributed by atoms with E-state index in [-0.39, 0.29) is 5.41 Å². The van der Waals surface area contributed by atoms with Gasteiger partial charge in [0.05, 0.1) is 5.02 Å². The maximum atomic E-state index is 6.22. The Morgan fingerprint density at radius 3 is 2.69 bits per heavy atom. The molecule has 1 aliphatic rings. The number of aromatic nitrogens is 1. The van der Waals surface area contributed by atoms with Crippen molar-refractivity contribution < 1.29 is 0 Å². The standard InChI is InChI=1S/C12H14Cl2N2/c1-9(13)12(3-6-15-7-4-12)10-2-5-16-8-11(10)14/h2,5,8,15H,1,3-4,6-7H2. The summed E-state index contributed by atoms with van der Waals surface area (Å²) in [5.74, 6) is 0. The smallest absolute Gasteiger partial charge is 0.0630 e. The minimum absolute atomic E-state index is 0.202. The van der Waals surface area contributed by atoms with Crippen LogP contribution in [0.4, 0.5) is 0 Å². The zero-order chi connectivity index (χ0) is 11.6. The molecule has 0 amide bonds. The molecule has 86 valence electrons. The number of piperidine rings is 1. The minimum atomic E-state index is -0.202. The van der Waals surface area contributed by atoms with E-state index >= 15 is 0 Å². The third kappa shape index (κ3) is 1.97. The average Bonchev–Trinajstić information content (AvgIpc) is 2.30. The van der Waals surface area contributed by atoms with Crippen LogP contribution >= 0.6 is 23.2 Å². The lowest BCUT2D eigenvalue weighted by molar-refractivity contribution is 0.368. The van der Waals surface area contributed by atoms with E-state index in [9.17, 15) is 0 Å². The molecule has 4 heteroatoms. The molecule has 2 nitrogen and oxygen atoms in total. The minimum Gasteiger partial charge on any atom is -0.317 e. The van der Waals surface area contributed by atoms with Gasteiger partial charge in [-0.2, -0.15) is 0 Å². The molecule has 0 atom stereocenters. The van der Waals surface area contributed by atoms with Gasteiger partial charge in [-0.15, -0.1) is 0 Å². The van der Waals surface area contributed by atoms with Crippen molar-refractivity contribution >= 4 is 23.2 Å². The van der Waals surface area contributed by atoms with E-state index in [1.54, 1.807) is 12.4 Å². The highest BCUT2D eigenvalue weighted by molar-refractivity contribution is 6.33. The van der Waals surface area contributed by atoms with Crippen molar-refractivity contribution in [3.05, 3.63) is 40.7 Å². The van der Waals surface area contributed by atoms with Gasteiger partial charge >= 0.3 is 0 Å². The number of rotatable bonds is 2. The normalized spacial score (nSPS) is 19.4. The first-order valence-corrected chi connectivity index (χ1v) is 6.08. The number of hydrogen-bond acceptors (Lipinski definition) is 2. The molecule has 16 heavy (non-hydrogen) atoms. The van der Waals surface area contributed by atoms with Gasteiger partial charge in [-0.25, -0.2) is 0 Å². The first kappa shape index (κ1) is 11.9. The molecule has 0 saturated carbocycles. The number of allylic oxidation sites excluding steroid dienone is 1. The van der Waals surface area contributed by atoms with Gasteiger partial charge in [-0.1, -0.05) is 29.8 Å². The van der Waals surface area contributed by atoms with Gasteiger partial charge in [0.1, 0.15) is 0 Å². The first-order valence-electron chi connectivity index (χ1n) is 5.32. The largest absolute Gasteiger partial charge is 0.317 e.